The van der Waals surface area contributed by atoms with Crippen LogP contribution in [0.3, 0.4) is 0 Å². The summed E-state index contributed by atoms with van der Waals surface area (Å²) in [6.07, 6.45) is 0.978. The van der Waals surface area contributed by atoms with Crippen molar-refractivity contribution in [2.75, 3.05) is 13.2 Å². The Kier molecular flexibility index (Phi) is 2.88. The lowest BCUT2D eigenvalue weighted by atomic mass is 10.1. The molecule has 2 aromatic rings. The lowest BCUT2D eigenvalue weighted by Gasteiger charge is -2.01. The summed E-state index contributed by atoms with van der Waals surface area (Å²) in [5.74, 6) is 1.66. The van der Waals surface area contributed by atoms with Crippen molar-refractivity contribution in [1.82, 2.24) is 10.1 Å². The second-order valence-corrected chi connectivity index (χ2v) is 4.84. The van der Waals surface area contributed by atoms with Crippen LogP contribution in [0, 0.1) is 13.8 Å². The maximum absolute atomic E-state index is 5.38. The average Bonchev–Trinajstić information content (AvgIpc) is 3.00. The van der Waals surface area contributed by atoms with Gasteiger partial charge in [-0.15, -0.1) is 0 Å². The van der Waals surface area contributed by atoms with Gasteiger partial charge in [-0.1, -0.05) is 22.9 Å². The Balaban J connectivity index is 1.94. The molecule has 1 aromatic carbocycles. The molecule has 0 amide bonds. The highest BCUT2D eigenvalue weighted by atomic mass is 16.5. The lowest BCUT2D eigenvalue weighted by molar-refractivity contribution is 0.192. The molecule has 1 aliphatic heterocycles. The molecule has 0 unspecified atom stereocenters. The Hall–Kier alpha value is -1.68. The number of aryl methyl sites for hydroxylation is 2. The van der Waals surface area contributed by atoms with Crippen LogP contribution in [0.2, 0.25) is 0 Å². The fourth-order valence-electron chi connectivity index (χ4n) is 2.21. The second kappa shape index (κ2) is 4.53. The quantitative estimate of drug-likeness (QED) is 0.815. The van der Waals surface area contributed by atoms with Gasteiger partial charge in [0.05, 0.1) is 6.61 Å². The van der Waals surface area contributed by atoms with Gasteiger partial charge < -0.3 is 9.26 Å². The summed E-state index contributed by atoms with van der Waals surface area (Å²) in [6.45, 7) is 5.60. The van der Waals surface area contributed by atoms with Crippen molar-refractivity contribution in [3.63, 3.8) is 0 Å². The summed E-state index contributed by atoms with van der Waals surface area (Å²) < 4.78 is 10.7. The van der Waals surface area contributed by atoms with E-state index >= 15 is 0 Å². The van der Waals surface area contributed by atoms with Gasteiger partial charge in [-0.3, -0.25) is 0 Å². The van der Waals surface area contributed by atoms with Crippen molar-refractivity contribution >= 4 is 0 Å². The summed E-state index contributed by atoms with van der Waals surface area (Å²) in [6, 6.07) is 6.24. The molecule has 0 N–H and O–H groups in total. The van der Waals surface area contributed by atoms with Crippen LogP contribution in [0.5, 0.6) is 0 Å². The van der Waals surface area contributed by atoms with Crippen LogP contribution in [0.15, 0.2) is 22.7 Å². The SMILES string of the molecule is Cc1ccc(C)c(-c2nc([C@@H]3CCOC3)no2)c1. The lowest BCUT2D eigenvalue weighted by Crippen LogP contribution is -1.99. The summed E-state index contributed by atoms with van der Waals surface area (Å²) in [5.41, 5.74) is 3.37. The Morgan fingerprint density at radius 3 is 2.94 bits per heavy atom. The van der Waals surface area contributed by atoms with Crippen molar-refractivity contribution in [2.45, 2.75) is 26.2 Å². The highest BCUT2D eigenvalue weighted by Gasteiger charge is 2.23. The molecule has 4 heteroatoms. The van der Waals surface area contributed by atoms with Gasteiger partial charge in [0.15, 0.2) is 5.82 Å². The maximum atomic E-state index is 5.38. The van der Waals surface area contributed by atoms with Gasteiger partial charge in [0, 0.05) is 18.1 Å². The van der Waals surface area contributed by atoms with E-state index in [9.17, 15) is 0 Å². The Morgan fingerprint density at radius 1 is 1.28 bits per heavy atom. The van der Waals surface area contributed by atoms with Crippen molar-refractivity contribution in [3.05, 3.63) is 35.2 Å². The molecule has 94 valence electrons. The third-order valence-corrected chi connectivity index (χ3v) is 3.36. The van der Waals surface area contributed by atoms with Crippen LogP contribution in [0.4, 0.5) is 0 Å². The van der Waals surface area contributed by atoms with Crippen LogP contribution < -0.4 is 0 Å². The first-order chi connectivity index (χ1) is 8.74. The Bertz CT molecular complexity index is 557. The zero-order valence-electron chi connectivity index (χ0n) is 10.6. The molecular formula is C14H16N2O2. The van der Waals surface area contributed by atoms with Crippen LogP contribution in [-0.4, -0.2) is 23.4 Å². The second-order valence-electron chi connectivity index (χ2n) is 4.84. The zero-order valence-corrected chi connectivity index (χ0v) is 10.6. The van der Waals surface area contributed by atoms with E-state index in [1.807, 2.05) is 0 Å². The molecule has 1 aromatic heterocycles. The number of ether oxygens (including phenoxy) is 1. The third kappa shape index (κ3) is 2.04. The molecular weight excluding hydrogens is 228 g/mol. The number of hydrogen-bond donors (Lipinski definition) is 0. The van der Waals surface area contributed by atoms with Gasteiger partial charge in [0.25, 0.3) is 5.89 Å². The van der Waals surface area contributed by atoms with E-state index in [2.05, 4.69) is 42.2 Å². The topological polar surface area (TPSA) is 48.2 Å². The molecule has 0 aliphatic carbocycles. The van der Waals surface area contributed by atoms with Gasteiger partial charge in [0.2, 0.25) is 0 Å². The molecule has 0 saturated carbocycles. The zero-order chi connectivity index (χ0) is 12.5. The van der Waals surface area contributed by atoms with E-state index < -0.39 is 0 Å². The van der Waals surface area contributed by atoms with E-state index in [-0.39, 0.29) is 5.92 Å². The normalized spacial score (nSPS) is 19.3. The minimum Gasteiger partial charge on any atom is -0.381 e. The molecule has 1 aliphatic rings. The third-order valence-electron chi connectivity index (χ3n) is 3.36. The number of hydrogen-bond acceptors (Lipinski definition) is 4. The summed E-state index contributed by atoms with van der Waals surface area (Å²) >= 11 is 0. The van der Waals surface area contributed by atoms with E-state index in [1.54, 1.807) is 0 Å². The van der Waals surface area contributed by atoms with Crippen molar-refractivity contribution in [3.8, 4) is 11.5 Å². The molecule has 18 heavy (non-hydrogen) atoms. The van der Waals surface area contributed by atoms with E-state index in [0.717, 1.165) is 30.0 Å². The first-order valence-electron chi connectivity index (χ1n) is 6.23. The average molecular weight is 244 g/mol. The first kappa shape index (κ1) is 11.4. The Labute approximate surface area is 106 Å². The van der Waals surface area contributed by atoms with Crippen LogP contribution in [-0.2, 0) is 4.74 Å². The number of aromatic nitrogens is 2. The summed E-state index contributed by atoms with van der Waals surface area (Å²) in [7, 11) is 0. The van der Waals surface area contributed by atoms with Gasteiger partial charge in [-0.25, -0.2) is 0 Å². The number of nitrogens with zero attached hydrogens (tertiary/aromatic N) is 2. The maximum Gasteiger partial charge on any atom is 0.258 e. The minimum absolute atomic E-state index is 0.285. The molecule has 1 fully saturated rings. The highest BCUT2D eigenvalue weighted by Crippen LogP contribution is 2.27. The number of benzene rings is 1. The molecule has 0 radical (unpaired) electrons. The molecule has 3 rings (SSSR count). The Morgan fingerprint density at radius 2 is 2.17 bits per heavy atom. The molecule has 1 saturated heterocycles. The van der Waals surface area contributed by atoms with Crippen molar-refractivity contribution in [1.29, 1.82) is 0 Å². The van der Waals surface area contributed by atoms with Crippen LogP contribution >= 0.6 is 0 Å². The molecule has 0 spiro atoms. The van der Waals surface area contributed by atoms with Gasteiger partial charge in [0.1, 0.15) is 0 Å². The predicted octanol–water partition coefficient (Wildman–Crippen LogP) is 2.86. The van der Waals surface area contributed by atoms with Gasteiger partial charge in [-0.2, -0.15) is 4.98 Å². The minimum atomic E-state index is 0.285. The summed E-state index contributed by atoms with van der Waals surface area (Å²) in [5, 5.41) is 4.08. The van der Waals surface area contributed by atoms with Gasteiger partial charge in [-0.05, 0) is 31.9 Å². The first-order valence-corrected chi connectivity index (χ1v) is 6.23. The van der Waals surface area contributed by atoms with E-state index in [0.29, 0.717) is 12.5 Å². The molecule has 4 nitrogen and oxygen atoms in total. The monoisotopic (exact) mass is 244 g/mol. The fourth-order valence-corrected chi connectivity index (χ4v) is 2.21. The largest absolute Gasteiger partial charge is 0.381 e. The van der Waals surface area contributed by atoms with Crippen LogP contribution in [0.1, 0.15) is 29.3 Å². The predicted molar refractivity (Wildman–Crippen MR) is 67.4 cm³/mol. The van der Waals surface area contributed by atoms with E-state index in [4.69, 9.17) is 9.26 Å². The van der Waals surface area contributed by atoms with Crippen molar-refractivity contribution in [2.24, 2.45) is 0 Å². The fraction of sp³-hybridized carbons (Fsp3) is 0.429. The van der Waals surface area contributed by atoms with Crippen LogP contribution in [0.25, 0.3) is 11.5 Å². The smallest absolute Gasteiger partial charge is 0.258 e. The standard InChI is InChI=1S/C14H16N2O2/c1-9-3-4-10(2)12(7-9)14-15-13(16-18-14)11-5-6-17-8-11/h3-4,7,11H,5-6,8H2,1-2H3/t11-/m1/s1. The van der Waals surface area contributed by atoms with Gasteiger partial charge >= 0.3 is 0 Å². The molecule has 1 atom stereocenters. The summed E-state index contributed by atoms with van der Waals surface area (Å²) in [4.78, 5) is 4.51. The van der Waals surface area contributed by atoms with Crippen molar-refractivity contribution < 1.29 is 9.26 Å². The van der Waals surface area contributed by atoms with E-state index in [1.165, 1.54) is 5.56 Å². The molecule has 0 bridgehead atoms. The number of rotatable bonds is 2. The highest BCUT2D eigenvalue weighted by molar-refractivity contribution is 5.59. The molecule has 2 heterocycles.